The van der Waals surface area contributed by atoms with Gasteiger partial charge in [-0.3, -0.25) is 24.0 Å². The van der Waals surface area contributed by atoms with E-state index in [-0.39, 0.29) is 29.7 Å². The van der Waals surface area contributed by atoms with Crippen molar-refractivity contribution in [1.29, 1.82) is 0 Å². The first-order chi connectivity index (χ1) is 17.2. The van der Waals surface area contributed by atoms with Gasteiger partial charge in [0.1, 0.15) is 12.1 Å². The number of carbonyl (C=O) groups excluding carboxylic acids is 5. The van der Waals surface area contributed by atoms with Crippen LogP contribution in [0, 0.1) is 29.1 Å². The predicted molar refractivity (Wildman–Crippen MR) is 140 cm³/mol. The Morgan fingerprint density at radius 2 is 1.65 bits per heavy atom. The Hall–Kier alpha value is -2.71. The van der Waals surface area contributed by atoms with Crippen LogP contribution in [-0.4, -0.2) is 65.0 Å². The molecule has 0 aromatic carbocycles. The number of hydrogen-bond acceptors (Lipinski definition) is 5. The lowest BCUT2D eigenvalue weighted by molar-refractivity contribution is -0.145. The Kier molecular flexibility index (Phi) is 8.85. The summed E-state index contributed by atoms with van der Waals surface area (Å²) in [6.45, 7) is 15.5. The second-order valence-corrected chi connectivity index (χ2v) is 12.6. The lowest BCUT2D eigenvalue weighted by Crippen LogP contribution is -2.60. The van der Waals surface area contributed by atoms with Gasteiger partial charge in [0.2, 0.25) is 23.5 Å². The minimum Gasteiger partial charge on any atom is -0.347 e. The highest BCUT2D eigenvalue weighted by atomic mass is 16.2. The summed E-state index contributed by atoms with van der Waals surface area (Å²) in [5, 5.41) is 8.36. The molecule has 0 radical (unpaired) electrons. The van der Waals surface area contributed by atoms with Crippen LogP contribution >= 0.6 is 0 Å². The Morgan fingerprint density at radius 3 is 2.14 bits per heavy atom. The monoisotopic (exact) mass is 516 g/mol. The minimum atomic E-state index is -0.918. The van der Waals surface area contributed by atoms with Crippen molar-refractivity contribution in [2.75, 3.05) is 6.54 Å². The third-order valence-corrected chi connectivity index (χ3v) is 7.78. The molecule has 2 aliphatic carbocycles. The predicted octanol–water partition coefficient (Wildman–Crippen LogP) is 1.96. The molecule has 37 heavy (non-hydrogen) atoms. The molecular weight excluding hydrogens is 472 g/mol. The molecule has 0 bridgehead atoms. The summed E-state index contributed by atoms with van der Waals surface area (Å²) < 4.78 is 0. The molecule has 1 aliphatic heterocycles. The first kappa shape index (κ1) is 28.9. The zero-order valence-electron chi connectivity index (χ0n) is 23.1. The minimum absolute atomic E-state index is 0.0335. The van der Waals surface area contributed by atoms with Crippen LogP contribution in [0.4, 0.5) is 0 Å². The van der Waals surface area contributed by atoms with Gasteiger partial charge in [0.25, 0.3) is 5.91 Å². The van der Waals surface area contributed by atoms with Crippen molar-refractivity contribution in [3.8, 4) is 0 Å². The molecule has 3 aliphatic rings. The van der Waals surface area contributed by atoms with E-state index in [4.69, 9.17) is 0 Å². The molecule has 0 aromatic heterocycles. The second kappa shape index (κ2) is 11.4. The van der Waals surface area contributed by atoms with Crippen molar-refractivity contribution < 1.29 is 24.0 Å². The number of likely N-dealkylation sites (tertiary alicyclic amines) is 1. The summed E-state index contributed by atoms with van der Waals surface area (Å²) in [4.78, 5) is 67.0. The smallest absolute Gasteiger partial charge is 0.289 e. The zero-order valence-corrected chi connectivity index (χ0v) is 23.1. The van der Waals surface area contributed by atoms with Crippen LogP contribution in [0.3, 0.4) is 0 Å². The van der Waals surface area contributed by atoms with Crippen LogP contribution < -0.4 is 16.0 Å². The Balaban J connectivity index is 1.86. The largest absolute Gasteiger partial charge is 0.347 e. The topological polar surface area (TPSA) is 125 Å². The van der Waals surface area contributed by atoms with Gasteiger partial charge in [-0.2, -0.15) is 0 Å². The van der Waals surface area contributed by atoms with Crippen molar-refractivity contribution in [3.63, 3.8) is 0 Å². The molecule has 9 heteroatoms. The van der Waals surface area contributed by atoms with Crippen LogP contribution in [0.2, 0.25) is 0 Å². The molecule has 0 aromatic rings. The standard InChI is InChI=1S/C28H44N4O5/c1-8-20(33)31-24(28(5,6)7)27(37)32-14-16(4)21(15(2)3)22(32)25(35)30-19(13-17-9-10-17)23(34)26(36)29-18-11-12-18/h8,15-19,21-22,24H,1,9-14H2,2-7H3,(H,29,36)(H,30,35)(H,31,33)/t16-,19?,21-,22-,24+/m0/s1. The van der Waals surface area contributed by atoms with Gasteiger partial charge in [-0.05, 0) is 54.4 Å². The molecule has 5 atom stereocenters. The van der Waals surface area contributed by atoms with Crippen molar-refractivity contribution in [2.24, 2.45) is 29.1 Å². The van der Waals surface area contributed by atoms with E-state index in [1.165, 1.54) is 0 Å². The molecule has 9 nitrogen and oxygen atoms in total. The zero-order chi connectivity index (χ0) is 27.7. The summed E-state index contributed by atoms with van der Waals surface area (Å²) in [5.41, 5.74) is -0.610. The summed E-state index contributed by atoms with van der Waals surface area (Å²) in [6, 6.07) is -2.55. The fourth-order valence-electron chi connectivity index (χ4n) is 5.46. The molecule has 0 spiro atoms. The Morgan fingerprint density at radius 1 is 1.03 bits per heavy atom. The highest BCUT2D eigenvalue weighted by molar-refractivity contribution is 6.38. The maximum Gasteiger partial charge on any atom is 0.289 e. The van der Waals surface area contributed by atoms with Gasteiger partial charge < -0.3 is 20.9 Å². The van der Waals surface area contributed by atoms with E-state index in [2.05, 4.69) is 22.5 Å². The number of ketones is 1. The number of Topliss-reactive ketones (excluding diaryl/α,β-unsaturated/α-hetero) is 1. The summed E-state index contributed by atoms with van der Waals surface area (Å²) >= 11 is 0. The van der Waals surface area contributed by atoms with E-state index in [1.54, 1.807) is 4.90 Å². The lowest BCUT2D eigenvalue weighted by Gasteiger charge is -2.37. The Labute approximate surface area is 220 Å². The van der Waals surface area contributed by atoms with Crippen LogP contribution in [0.15, 0.2) is 12.7 Å². The fraction of sp³-hybridized carbons (Fsp3) is 0.750. The summed E-state index contributed by atoms with van der Waals surface area (Å²) in [7, 11) is 0. The maximum atomic E-state index is 13.9. The number of nitrogens with one attached hydrogen (secondary N) is 3. The van der Waals surface area contributed by atoms with Gasteiger partial charge in [0, 0.05) is 12.6 Å². The summed E-state index contributed by atoms with van der Waals surface area (Å²) in [5.74, 6) is -2.20. The molecule has 3 N–H and O–H groups in total. The molecule has 2 saturated carbocycles. The van der Waals surface area contributed by atoms with Gasteiger partial charge in [0.15, 0.2) is 0 Å². The SMILES string of the molecule is C=CC(=O)N[C@H](C(=O)N1C[C@H](C)[C@H](C(C)C)[C@H]1C(=O)NC(CC1CC1)C(=O)C(=O)NC1CC1)C(C)(C)C. The average molecular weight is 517 g/mol. The molecule has 3 fully saturated rings. The number of rotatable bonds is 11. The normalized spacial score (nSPS) is 25.3. The highest BCUT2D eigenvalue weighted by Crippen LogP contribution is 2.38. The number of hydrogen-bond donors (Lipinski definition) is 3. The third-order valence-electron chi connectivity index (χ3n) is 7.78. The number of amides is 4. The van der Waals surface area contributed by atoms with E-state index in [0.29, 0.717) is 18.9 Å². The van der Waals surface area contributed by atoms with Gasteiger partial charge in [-0.1, -0.05) is 61.0 Å². The number of carbonyl (C=O) groups is 5. The van der Waals surface area contributed by atoms with E-state index in [1.807, 2.05) is 41.5 Å². The summed E-state index contributed by atoms with van der Waals surface area (Å²) in [6.07, 6.45) is 5.22. The molecule has 4 amide bonds. The van der Waals surface area contributed by atoms with Gasteiger partial charge >= 0.3 is 0 Å². The fourth-order valence-corrected chi connectivity index (χ4v) is 5.46. The van der Waals surface area contributed by atoms with Crippen LogP contribution in [0.1, 0.15) is 73.6 Å². The van der Waals surface area contributed by atoms with Crippen molar-refractivity contribution >= 4 is 29.4 Å². The molecule has 1 heterocycles. The highest BCUT2D eigenvalue weighted by Gasteiger charge is 2.50. The van der Waals surface area contributed by atoms with Gasteiger partial charge in [-0.25, -0.2) is 0 Å². The van der Waals surface area contributed by atoms with Crippen molar-refractivity contribution in [2.45, 2.75) is 97.8 Å². The van der Waals surface area contributed by atoms with E-state index in [0.717, 1.165) is 31.8 Å². The first-order valence-corrected chi connectivity index (χ1v) is 13.6. The van der Waals surface area contributed by atoms with Gasteiger partial charge in [0.05, 0.1) is 6.04 Å². The number of nitrogens with zero attached hydrogens (tertiary/aromatic N) is 1. The second-order valence-electron chi connectivity index (χ2n) is 12.6. The van der Waals surface area contributed by atoms with Gasteiger partial charge in [-0.15, -0.1) is 0 Å². The molecular formula is C28H44N4O5. The average Bonchev–Trinajstić information content (AvgIpc) is 3.74. The maximum absolute atomic E-state index is 13.9. The van der Waals surface area contributed by atoms with E-state index < -0.39 is 47.0 Å². The van der Waals surface area contributed by atoms with Crippen LogP contribution in [0.25, 0.3) is 0 Å². The lowest BCUT2D eigenvalue weighted by atomic mass is 9.81. The third kappa shape index (κ3) is 7.20. The van der Waals surface area contributed by atoms with Crippen molar-refractivity contribution in [3.05, 3.63) is 12.7 Å². The molecule has 206 valence electrons. The van der Waals surface area contributed by atoms with Crippen LogP contribution in [0.5, 0.6) is 0 Å². The molecule has 1 saturated heterocycles. The molecule has 1 unspecified atom stereocenters. The van der Waals surface area contributed by atoms with E-state index >= 15 is 0 Å². The quantitative estimate of drug-likeness (QED) is 0.286. The Bertz CT molecular complexity index is 931. The molecule has 3 rings (SSSR count). The van der Waals surface area contributed by atoms with E-state index in [9.17, 15) is 24.0 Å². The van der Waals surface area contributed by atoms with Crippen LogP contribution in [-0.2, 0) is 24.0 Å². The first-order valence-electron chi connectivity index (χ1n) is 13.6. The van der Waals surface area contributed by atoms with Crippen molar-refractivity contribution in [1.82, 2.24) is 20.9 Å².